The SMILES string of the molecule is O=C(Oc1ccc(C2Oc3ccc(Cl)cc3C3C=C(c4ccco4)NN32)cc1)c1ccccc1. The van der Waals surface area contributed by atoms with Crippen LogP contribution in [0.25, 0.3) is 5.70 Å². The van der Waals surface area contributed by atoms with Crippen molar-refractivity contribution in [3.63, 3.8) is 0 Å². The van der Waals surface area contributed by atoms with Crippen LogP contribution in [-0.2, 0) is 0 Å². The molecule has 0 spiro atoms. The van der Waals surface area contributed by atoms with E-state index in [0.29, 0.717) is 16.3 Å². The molecule has 0 bridgehead atoms. The summed E-state index contributed by atoms with van der Waals surface area (Å²) >= 11 is 6.28. The van der Waals surface area contributed by atoms with E-state index in [4.69, 9.17) is 25.5 Å². The monoisotopic (exact) mass is 470 g/mol. The van der Waals surface area contributed by atoms with Gasteiger partial charge in [0, 0.05) is 16.1 Å². The fourth-order valence-corrected chi connectivity index (χ4v) is 4.38. The van der Waals surface area contributed by atoms with E-state index in [9.17, 15) is 4.79 Å². The summed E-state index contributed by atoms with van der Waals surface area (Å²) in [6.45, 7) is 0. The molecule has 2 aliphatic rings. The first-order valence-corrected chi connectivity index (χ1v) is 11.2. The molecule has 168 valence electrons. The van der Waals surface area contributed by atoms with Crippen LogP contribution in [0.5, 0.6) is 11.5 Å². The smallest absolute Gasteiger partial charge is 0.343 e. The lowest BCUT2D eigenvalue weighted by Crippen LogP contribution is -2.43. The topological polar surface area (TPSA) is 63.9 Å². The molecule has 2 atom stereocenters. The van der Waals surface area contributed by atoms with Gasteiger partial charge in [0.25, 0.3) is 0 Å². The maximum absolute atomic E-state index is 12.4. The van der Waals surface area contributed by atoms with Crippen molar-refractivity contribution >= 4 is 23.3 Å². The molecule has 0 saturated carbocycles. The van der Waals surface area contributed by atoms with Gasteiger partial charge >= 0.3 is 5.97 Å². The van der Waals surface area contributed by atoms with Crippen molar-refractivity contribution in [3.05, 3.63) is 125 Å². The summed E-state index contributed by atoms with van der Waals surface area (Å²) in [5.41, 5.74) is 6.63. The number of hydrogen-bond donors (Lipinski definition) is 1. The summed E-state index contributed by atoms with van der Waals surface area (Å²) in [5, 5.41) is 2.66. The molecule has 0 saturated heterocycles. The van der Waals surface area contributed by atoms with E-state index in [2.05, 4.69) is 11.5 Å². The van der Waals surface area contributed by atoms with Gasteiger partial charge in [-0.3, -0.25) is 0 Å². The number of fused-ring (bicyclic) bond motifs is 3. The van der Waals surface area contributed by atoms with E-state index in [-0.39, 0.29) is 6.04 Å². The minimum atomic E-state index is -0.429. The molecule has 1 N–H and O–H groups in total. The first-order chi connectivity index (χ1) is 16.7. The Bertz CT molecular complexity index is 1370. The van der Waals surface area contributed by atoms with Crippen LogP contribution < -0.4 is 14.9 Å². The quantitative estimate of drug-likeness (QED) is 0.285. The summed E-state index contributed by atoms with van der Waals surface area (Å²) in [5.74, 6) is 1.55. The lowest BCUT2D eigenvalue weighted by Gasteiger charge is -2.39. The number of hydrogen-bond acceptors (Lipinski definition) is 6. The highest BCUT2D eigenvalue weighted by Crippen LogP contribution is 2.46. The Morgan fingerprint density at radius 3 is 2.56 bits per heavy atom. The van der Waals surface area contributed by atoms with Crippen LogP contribution in [0.4, 0.5) is 0 Å². The maximum atomic E-state index is 12.4. The van der Waals surface area contributed by atoms with Crippen LogP contribution in [0, 0.1) is 0 Å². The molecule has 6 rings (SSSR count). The minimum Gasteiger partial charge on any atom is -0.469 e. The lowest BCUT2D eigenvalue weighted by atomic mass is 10.0. The summed E-state index contributed by atoms with van der Waals surface area (Å²) < 4.78 is 17.5. The van der Waals surface area contributed by atoms with Gasteiger partial charge in [0.2, 0.25) is 0 Å². The lowest BCUT2D eigenvalue weighted by molar-refractivity contribution is -0.0328. The molecular formula is C27H19ClN2O4. The van der Waals surface area contributed by atoms with Crippen molar-refractivity contribution in [2.45, 2.75) is 12.3 Å². The third kappa shape index (κ3) is 3.73. The Kier molecular flexibility index (Phi) is 5.09. The first-order valence-electron chi connectivity index (χ1n) is 10.8. The van der Waals surface area contributed by atoms with Gasteiger partial charge < -0.3 is 19.3 Å². The molecule has 0 amide bonds. The molecule has 1 aromatic heterocycles. The molecule has 3 aromatic carbocycles. The van der Waals surface area contributed by atoms with E-state index < -0.39 is 12.2 Å². The standard InChI is InChI=1S/C27H19ClN2O4/c28-19-10-13-24-21(15-19)23-16-22(25-7-4-14-32-25)29-30(23)26(34-24)17-8-11-20(12-9-17)33-27(31)18-5-2-1-3-6-18/h1-16,23,26,29H. The number of nitrogens with zero attached hydrogens (tertiary/aromatic N) is 1. The van der Waals surface area contributed by atoms with Crippen molar-refractivity contribution in [2.24, 2.45) is 0 Å². The van der Waals surface area contributed by atoms with Crippen molar-refractivity contribution < 1.29 is 18.7 Å². The summed E-state index contributed by atoms with van der Waals surface area (Å²) in [6.07, 6.45) is 3.31. The molecule has 3 heterocycles. The third-order valence-corrected chi connectivity index (χ3v) is 6.06. The number of furan rings is 1. The normalized spacial score (nSPS) is 18.8. The highest BCUT2D eigenvalue weighted by Gasteiger charge is 2.40. The van der Waals surface area contributed by atoms with Crippen molar-refractivity contribution in [1.29, 1.82) is 0 Å². The van der Waals surface area contributed by atoms with Crippen molar-refractivity contribution in [2.75, 3.05) is 0 Å². The maximum Gasteiger partial charge on any atom is 0.343 e. The van der Waals surface area contributed by atoms with E-state index >= 15 is 0 Å². The zero-order chi connectivity index (χ0) is 23.1. The van der Waals surface area contributed by atoms with Crippen LogP contribution in [0.3, 0.4) is 0 Å². The summed E-state index contributed by atoms with van der Waals surface area (Å²) in [7, 11) is 0. The van der Waals surface area contributed by atoms with Gasteiger partial charge in [-0.2, -0.15) is 5.01 Å². The number of carbonyl (C=O) groups excluding carboxylic acids is 1. The Morgan fingerprint density at radius 1 is 0.971 bits per heavy atom. The van der Waals surface area contributed by atoms with Crippen molar-refractivity contribution in [3.8, 4) is 11.5 Å². The van der Waals surface area contributed by atoms with Crippen LogP contribution in [0.2, 0.25) is 5.02 Å². The molecule has 7 heteroatoms. The molecule has 0 radical (unpaired) electrons. The van der Waals surface area contributed by atoms with Gasteiger partial charge in [0.05, 0.1) is 23.6 Å². The number of esters is 1. The number of hydrazine groups is 1. The fraction of sp³-hybridized carbons (Fsp3) is 0.0741. The zero-order valence-corrected chi connectivity index (χ0v) is 18.6. The van der Waals surface area contributed by atoms with Crippen LogP contribution in [0.1, 0.15) is 39.5 Å². The molecule has 0 aliphatic carbocycles. The average molecular weight is 471 g/mol. The van der Waals surface area contributed by atoms with Crippen LogP contribution in [-0.4, -0.2) is 11.0 Å². The average Bonchev–Trinajstić information content (AvgIpc) is 3.55. The highest BCUT2D eigenvalue weighted by atomic mass is 35.5. The molecule has 6 nitrogen and oxygen atoms in total. The molecule has 2 aliphatic heterocycles. The number of rotatable bonds is 4. The Hall–Kier alpha value is -4.00. The van der Waals surface area contributed by atoms with Crippen LogP contribution in [0.15, 0.2) is 102 Å². The van der Waals surface area contributed by atoms with Crippen molar-refractivity contribution in [1.82, 2.24) is 10.4 Å². The summed E-state index contributed by atoms with van der Waals surface area (Å²) in [6, 6.07) is 25.5. The zero-order valence-electron chi connectivity index (χ0n) is 17.9. The van der Waals surface area contributed by atoms with Gasteiger partial charge in [-0.05, 0) is 60.7 Å². The largest absolute Gasteiger partial charge is 0.469 e. The highest BCUT2D eigenvalue weighted by molar-refractivity contribution is 6.30. The second-order valence-electron chi connectivity index (χ2n) is 8.00. The van der Waals surface area contributed by atoms with E-state index in [0.717, 1.165) is 28.3 Å². The number of ether oxygens (including phenoxy) is 2. The Morgan fingerprint density at radius 2 is 1.79 bits per heavy atom. The Labute approximate surface area is 200 Å². The van der Waals surface area contributed by atoms with Gasteiger partial charge in [-0.15, -0.1) is 0 Å². The minimum absolute atomic E-state index is 0.108. The van der Waals surface area contributed by atoms with Gasteiger partial charge in [0.15, 0.2) is 12.0 Å². The van der Waals surface area contributed by atoms with Crippen LogP contribution >= 0.6 is 11.6 Å². The molecule has 0 fully saturated rings. The van der Waals surface area contributed by atoms with E-state index in [1.807, 2.05) is 53.5 Å². The number of nitrogens with one attached hydrogen (secondary N) is 1. The summed E-state index contributed by atoms with van der Waals surface area (Å²) in [4.78, 5) is 12.4. The Balaban J connectivity index is 1.29. The molecule has 4 aromatic rings. The first kappa shape index (κ1) is 20.6. The fourth-order valence-electron chi connectivity index (χ4n) is 4.20. The third-order valence-electron chi connectivity index (χ3n) is 5.83. The second-order valence-corrected chi connectivity index (χ2v) is 8.43. The van der Waals surface area contributed by atoms with Gasteiger partial charge in [-0.25, -0.2) is 4.79 Å². The van der Waals surface area contributed by atoms with E-state index in [1.165, 1.54) is 0 Å². The molecule has 34 heavy (non-hydrogen) atoms. The predicted molar refractivity (Wildman–Crippen MR) is 127 cm³/mol. The second kappa shape index (κ2) is 8.41. The molecular weight excluding hydrogens is 452 g/mol. The number of halogens is 1. The van der Waals surface area contributed by atoms with Gasteiger partial charge in [0.1, 0.15) is 11.5 Å². The number of carbonyl (C=O) groups is 1. The van der Waals surface area contributed by atoms with Gasteiger partial charge in [-0.1, -0.05) is 41.9 Å². The predicted octanol–water partition coefficient (Wildman–Crippen LogP) is 6.15. The number of benzene rings is 3. The van der Waals surface area contributed by atoms with E-state index in [1.54, 1.807) is 42.7 Å². The molecule has 2 unspecified atom stereocenters.